The predicted molar refractivity (Wildman–Crippen MR) is 346 cm³/mol. The number of nitrogens with zero attached hydrogens (tertiary/aromatic N) is 5. The van der Waals surface area contributed by atoms with Crippen molar-refractivity contribution in [2.75, 3.05) is 21.2 Å². The minimum Gasteiger partial charge on any atom is -0.371 e. The number of aromatic nitrogens is 2. The second-order valence-corrected chi connectivity index (χ2v) is 28.1. The normalized spacial score (nSPS) is 34.7. The maximum Gasteiger partial charge on any atom is 0.0786 e. The molecule has 3 aliphatic heterocycles. The molecule has 7 nitrogen and oxygen atoms in total. The van der Waals surface area contributed by atoms with Gasteiger partial charge in [-0.3, -0.25) is 0 Å². The van der Waals surface area contributed by atoms with Crippen LogP contribution in [0.1, 0.15) is 115 Å². The molecule has 428 valence electrons. The van der Waals surface area contributed by atoms with E-state index in [-0.39, 0.29) is 6.10 Å². The van der Waals surface area contributed by atoms with Crippen molar-refractivity contribution >= 4 is 60.7 Å². The summed E-state index contributed by atoms with van der Waals surface area (Å²) in [7, 11) is 0. The summed E-state index contributed by atoms with van der Waals surface area (Å²) in [6.45, 7) is 1.15. The molecule has 1 N–H and O–H groups in total. The first-order valence-electron chi connectivity index (χ1n) is 33.6. The van der Waals surface area contributed by atoms with Gasteiger partial charge in [-0.2, -0.15) is 0 Å². The number of fused-ring (bicyclic) bond motifs is 18. The average molecular weight is 1110 g/mol. The molecule has 7 heteroatoms. The minimum atomic E-state index is 0.259. The predicted octanol–water partition coefficient (Wildman–Crippen LogP) is 16.9. The molecule has 17 atom stereocenters. The summed E-state index contributed by atoms with van der Waals surface area (Å²) in [5, 5.41) is 9.94. The number of piperidine rings is 1. The molecule has 6 saturated carbocycles. The van der Waals surface area contributed by atoms with E-state index in [1.54, 1.807) is 0 Å². The fourth-order valence-corrected chi connectivity index (χ4v) is 21.6. The highest BCUT2D eigenvalue weighted by Gasteiger charge is 2.61. The van der Waals surface area contributed by atoms with Gasteiger partial charge >= 0.3 is 0 Å². The van der Waals surface area contributed by atoms with Gasteiger partial charge in [-0.05, 0) is 204 Å². The summed E-state index contributed by atoms with van der Waals surface area (Å²) in [6, 6.07) is 74.3. The summed E-state index contributed by atoms with van der Waals surface area (Å²) in [5.74, 6) is 4.52. The zero-order chi connectivity index (χ0) is 55.0. The van der Waals surface area contributed by atoms with Gasteiger partial charge in [0.15, 0.2) is 0 Å². The molecule has 7 aromatic carbocycles. The molecule has 3 saturated heterocycles. The SMILES string of the molecule is c1ccc(N2C3CCCCC3OC3CC4C(CC32)C2CC(n3c5ccccc5c5cc(-n6c7ccccc7c7ccccc76)ccc53)CCC2C2CC3C(CC2C2CCCNC24)N(c2ccccc2)C2CCCCC2N3c2ccccc2)cc1. The van der Waals surface area contributed by atoms with Crippen LogP contribution in [-0.4, -0.2) is 70.2 Å². The molecule has 0 bridgehead atoms. The highest BCUT2D eigenvalue weighted by molar-refractivity contribution is 6.11. The van der Waals surface area contributed by atoms with Crippen molar-refractivity contribution in [2.24, 2.45) is 41.4 Å². The number of hydrogen-bond donors (Lipinski definition) is 1. The monoisotopic (exact) mass is 1110 g/mol. The lowest BCUT2D eigenvalue weighted by Gasteiger charge is -2.66. The van der Waals surface area contributed by atoms with Crippen LogP contribution >= 0.6 is 0 Å². The maximum atomic E-state index is 7.70. The quantitative estimate of drug-likeness (QED) is 0.174. The van der Waals surface area contributed by atoms with Crippen LogP contribution in [0.15, 0.2) is 182 Å². The van der Waals surface area contributed by atoms with Crippen LogP contribution in [0.3, 0.4) is 0 Å². The van der Waals surface area contributed by atoms with Crippen molar-refractivity contribution < 1.29 is 4.74 Å². The molecule has 2 aromatic heterocycles. The first-order valence-corrected chi connectivity index (χ1v) is 33.6. The molecule has 0 amide bonds. The number of para-hydroxylation sites is 6. The van der Waals surface area contributed by atoms with E-state index in [4.69, 9.17) is 4.74 Å². The van der Waals surface area contributed by atoms with E-state index in [2.05, 4.69) is 211 Å². The van der Waals surface area contributed by atoms with Crippen LogP contribution in [0.2, 0.25) is 0 Å². The Morgan fingerprint density at radius 3 is 1.46 bits per heavy atom. The summed E-state index contributed by atoms with van der Waals surface area (Å²) >= 11 is 0. The Kier molecular flexibility index (Phi) is 12.4. The van der Waals surface area contributed by atoms with Crippen molar-refractivity contribution in [3.8, 4) is 5.69 Å². The van der Waals surface area contributed by atoms with Crippen molar-refractivity contribution in [3.05, 3.63) is 182 Å². The Balaban J connectivity index is 0.793. The number of morpholine rings is 1. The lowest BCUT2D eigenvalue weighted by molar-refractivity contribution is -0.144. The Hall–Kier alpha value is -6.54. The van der Waals surface area contributed by atoms with E-state index in [1.165, 1.54) is 176 Å². The van der Waals surface area contributed by atoms with Gasteiger partial charge in [0, 0.05) is 79.5 Å². The molecular weight excluding hydrogens is 1020 g/mol. The van der Waals surface area contributed by atoms with Crippen molar-refractivity contribution in [3.63, 3.8) is 0 Å². The molecule has 84 heavy (non-hydrogen) atoms. The van der Waals surface area contributed by atoms with Gasteiger partial charge in [0.25, 0.3) is 0 Å². The standard InChI is InChI=1S/C77H84N6O/c1-4-21-49(22-5-1)79-69-34-16-17-35-70(69)80(50-23-6-2-7-24-50)73-46-61-58-30-20-42-78-77(58)64-48-76-74(81(51-25-8-3-9-26-51)71-36-18-19-37-75(71)84-76)47-62(64)59-43-52(38-40-54(59)60(61)45-72(73)79)83-67-33-15-12-29-57(67)63-44-53(39-41-68(63)83)82-65-31-13-10-27-55(65)56-28-11-14-32-66(56)82/h1-15,21-29,31-33,39,41,44,52,54,58-62,64,69-78H,16-20,30,34-38,40,42-43,45-48H2. The third kappa shape index (κ3) is 7.95. The van der Waals surface area contributed by atoms with Gasteiger partial charge in [-0.1, -0.05) is 135 Å². The molecule has 0 spiro atoms. The third-order valence-electron chi connectivity index (χ3n) is 24.5. The molecule has 17 unspecified atom stereocenters. The van der Waals surface area contributed by atoms with E-state index in [0.717, 1.165) is 6.54 Å². The molecule has 9 aliphatic rings. The second-order valence-electron chi connectivity index (χ2n) is 28.1. The Labute approximate surface area is 497 Å². The zero-order valence-electron chi connectivity index (χ0n) is 49.0. The van der Waals surface area contributed by atoms with Gasteiger partial charge in [0.05, 0.1) is 47.4 Å². The van der Waals surface area contributed by atoms with Crippen LogP contribution in [0, 0.1) is 41.4 Å². The third-order valence-corrected chi connectivity index (χ3v) is 24.5. The van der Waals surface area contributed by atoms with Crippen molar-refractivity contribution in [1.82, 2.24) is 14.5 Å². The van der Waals surface area contributed by atoms with Gasteiger partial charge in [-0.15, -0.1) is 0 Å². The number of hydrogen-bond acceptors (Lipinski definition) is 5. The Morgan fingerprint density at radius 1 is 0.321 bits per heavy atom. The Bertz CT molecular complexity index is 3800. The summed E-state index contributed by atoms with van der Waals surface area (Å²) in [4.78, 5) is 9.18. The van der Waals surface area contributed by atoms with E-state index < -0.39 is 0 Å². The van der Waals surface area contributed by atoms with Crippen LogP contribution in [0.4, 0.5) is 17.1 Å². The zero-order valence-corrected chi connectivity index (χ0v) is 49.0. The maximum absolute atomic E-state index is 7.70. The molecular formula is C77H84N6O. The molecule has 9 fully saturated rings. The number of rotatable bonds is 5. The first kappa shape index (κ1) is 50.8. The topological polar surface area (TPSA) is 40.8 Å². The second kappa shape index (κ2) is 20.6. The fourth-order valence-electron chi connectivity index (χ4n) is 21.6. The summed E-state index contributed by atoms with van der Waals surface area (Å²) in [5.41, 5.74) is 11.0. The van der Waals surface area contributed by atoms with Crippen LogP contribution in [-0.2, 0) is 4.74 Å². The molecule has 5 heterocycles. The van der Waals surface area contributed by atoms with E-state index in [0.29, 0.717) is 95.9 Å². The molecule has 9 aromatic rings. The van der Waals surface area contributed by atoms with Gasteiger partial charge in [0.1, 0.15) is 0 Å². The lowest BCUT2D eigenvalue weighted by Crippen LogP contribution is -2.73. The molecule has 18 rings (SSSR count). The summed E-state index contributed by atoms with van der Waals surface area (Å²) in [6.07, 6.45) is 22.4. The first-order chi connectivity index (χ1) is 41.7. The average Bonchev–Trinajstić information content (AvgIpc) is 1.07. The highest BCUT2D eigenvalue weighted by Crippen LogP contribution is 2.62. The minimum absolute atomic E-state index is 0.259. The van der Waals surface area contributed by atoms with Gasteiger partial charge < -0.3 is 33.9 Å². The number of piperazine rings is 1. The fraction of sp³-hybridized carbons (Fsp3) is 0.455. The van der Waals surface area contributed by atoms with E-state index >= 15 is 0 Å². The van der Waals surface area contributed by atoms with Crippen LogP contribution in [0.25, 0.3) is 49.3 Å². The smallest absolute Gasteiger partial charge is 0.0786 e. The largest absolute Gasteiger partial charge is 0.371 e. The number of anilines is 3. The van der Waals surface area contributed by atoms with Gasteiger partial charge in [-0.25, -0.2) is 0 Å². The lowest BCUT2D eigenvalue weighted by atomic mass is 9.48. The Morgan fingerprint density at radius 2 is 0.821 bits per heavy atom. The summed E-state index contributed by atoms with van der Waals surface area (Å²) < 4.78 is 13.1. The van der Waals surface area contributed by atoms with E-state index in [1.807, 2.05) is 0 Å². The number of ether oxygens (including phenoxy) is 1. The van der Waals surface area contributed by atoms with Crippen molar-refractivity contribution in [1.29, 1.82) is 0 Å². The van der Waals surface area contributed by atoms with E-state index in [9.17, 15) is 0 Å². The van der Waals surface area contributed by atoms with Crippen LogP contribution in [0.5, 0.6) is 0 Å². The van der Waals surface area contributed by atoms with Crippen molar-refractivity contribution in [2.45, 2.75) is 170 Å². The van der Waals surface area contributed by atoms with Gasteiger partial charge in [0.2, 0.25) is 0 Å². The number of benzene rings is 7. The highest BCUT2D eigenvalue weighted by atomic mass is 16.5. The molecule has 0 radical (unpaired) electrons. The number of nitrogens with one attached hydrogen (secondary N) is 1. The molecule has 6 aliphatic carbocycles. The van der Waals surface area contributed by atoms with Crippen LogP contribution < -0.4 is 20.0 Å².